The Balaban J connectivity index is 2.75. The predicted molar refractivity (Wildman–Crippen MR) is 67.6 cm³/mol. The molecular formula is C14H20O2. The fraction of sp³-hybridized carbons (Fsp3) is 0.429. The maximum Gasteiger partial charge on any atom is 0.126 e. The maximum atomic E-state index is 8.92. The highest BCUT2D eigenvalue weighted by Gasteiger charge is 2.00. The van der Waals surface area contributed by atoms with E-state index >= 15 is 0 Å². The molecule has 1 aromatic carbocycles. The molecule has 2 heteroatoms. The van der Waals surface area contributed by atoms with E-state index in [0.717, 1.165) is 17.7 Å². The second-order valence-electron chi connectivity index (χ2n) is 4.17. The zero-order valence-electron chi connectivity index (χ0n) is 10.2. The normalized spacial score (nSPS) is 13.0. The second-order valence-corrected chi connectivity index (χ2v) is 4.17. The van der Waals surface area contributed by atoms with Crippen LogP contribution in [0.2, 0.25) is 0 Å². The molecule has 0 radical (unpaired) electrons. The SMILES string of the molecule is COc1ccc(C)cc1/C=C/C[C@H](C)CO. The molecule has 0 saturated heterocycles. The molecule has 1 atom stereocenters. The Bertz CT molecular complexity index is 356. The van der Waals surface area contributed by atoms with Crippen LogP contribution in [-0.4, -0.2) is 18.8 Å². The first kappa shape index (κ1) is 12.8. The van der Waals surface area contributed by atoms with Crippen molar-refractivity contribution >= 4 is 6.08 Å². The lowest BCUT2D eigenvalue weighted by atomic mass is 10.1. The summed E-state index contributed by atoms with van der Waals surface area (Å²) in [5.74, 6) is 1.20. The van der Waals surface area contributed by atoms with E-state index in [1.807, 2.05) is 19.1 Å². The number of allylic oxidation sites excluding steroid dienone is 1. The van der Waals surface area contributed by atoms with E-state index < -0.39 is 0 Å². The van der Waals surface area contributed by atoms with Crippen molar-refractivity contribution in [1.29, 1.82) is 0 Å². The van der Waals surface area contributed by atoms with Crippen LogP contribution in [0.5, 0.6) is 5.75 Å². The highest BCUT2D eigenvalue weighted by molar-refractivity contribution is 5.58. The first-order chi connectivity index (χ1) is 7.67. The summed E-state index contributed by atoms with van der Waals surface area (Å²) in [6, 6.07) is 6.11. The number of hydrogen-bond donors (Lipinski definition) is 1. The van der Waals surface area contributed by atoms with Crippen molar-refractivity contribution < 1.29 is 9.84 Å². The third-order valence-electron chi connectivity index (χ3n) is 2.53. The topological polar surface area (TPSA) is 29.5 Å². The van der Waals surface area contributed by atoms with Gasteiger partial charge in [0.1, 0.15) is 5.75 Å². The van der Waals surface area contributed by atoms with Crippen molar-refractivity contribution in [3.05, 3.63) is 35.4 Å². The zero-order valence-corrected chi connectivity index (χ0v) is 10.2. The van der Waals surface area contributed by atoms with Crippen LogP contribution in [0.1, 0.15) is 24.5 Å². The molecule has 0 aromatic heterocycles. The van der Waals surface area contributed by atoms with Gasteiger partial charge in [-0.1, -0.05) is 30.7 Å². The number of benzene rings is 1. The van der Waals surface area contributed by atoms with Crippen molar-refractivity contribution in [3.63, 3.8) is 0 Å². The van der Waals surface area contributed by atoms with Gasteiger partial charge in [-0.15, -0.1) is 0 Å². The Morgan fingerprint density at radius 2 is 2.19 bits per heavy atom. The van der Waals surface area contributed by atoms with E-state index in [1.54, 1.807) is 7.11 Å². The molecule has 2 nitrogen and oxygen atoms in total. The lowest BCUT2D eigenvalue weighted by Gasteiger charge is -2.06. The third-order valence-corrected chi connectivity index (χ3v) is 2.53. The Labute approximate surface area is 97.6 Å². The van der Waals surface area contributed by atoms with Crippen molar-refractivity contribution in [2.24, 2.45) is 5.92 Å². The molecule has 1 rings (SSSR count). The van der Waals surface area contributed by atoms with Crippen LogP contribution in [0, 0.1) is 12.8 Å². The van der Waals surface area contributed by atoms with Gasteiger partial charge in [0.15, 0.2) is 0 Å². The third kappa shape index (κ3) is 3.70. The van der Waals surface area contributed by atoms with Crippen LogP contribution in [-0.2, 0) is 0 Å². The molecule has 0 aliphatic heterocycles. The summed E-state index contributed by atoms with van der Waals surface area (Å²) in [5.41, 5.74) is 2.31. The summed E-state index contributed by atoms with van der Waals surface area (Å²) in [5, 5.41) is 8.92. The summed E-state index contributed by atoms with van der Waals surface area (Å²) in [4.78, 5) is 0. The number of rotatable bonds is 5. The van der Waals surface area contributed by atoms with Gasteiger partial charge in [-0.2, -0.15) is 0 Å². The Kier molecular flexibility index (Phi) is 5.06. The average molecular weight is 220 g/mol. The lowest BCUT2D eigenvalue weighted by Crippen LogP contribution is -1.97. The molecule has 88 valence electrons. The molecular weight excluding hydrogens is 200 g/mol. The highest BCUT2D eigenvalue weighted by Crippen LogP contribution is 2.21. The standard InChI is InChI=1S/C14H20O2/c1-11-7-8-14(16-3)13(9-11)6-4-5-12(2)10-15/h4,6-9,12,15H,5,10H2,1-3H3/b6-4+/t12-/m0/s1. The van der Waals surface area contributed by atoms with Gasteiger partial charge in [0.05, 0.1) is 7.11 Å². The molecule has 0 saturated carbocycles. The van der Waals surface area contributed by atoms with E-state index in [9.17, 15) is 0 Å². The Morgan fingerprint density at radius 3 is 2.81 bits per heavy atom. The van der Waals surface area contributed by atoms with Gasteiger partial charge in [0.25, 0.3) is 0 Å². The molecule has 0 spiro atoms. The van der Waals surface area contributed by atoms with Gasteiger partial charge in [-0.3, -0.25) is 0 Å². The summed E-state index contributed by atoms with van der Waals surface area (Å²) in [6.07, 6.45) is 5.02. The molecule has 1 N–H and O–H groups in total. The molecule has 0 aliphatic rings. The first-order valence-corrected chi connectivity index (χ1v) is 5.59. The van der Waals surface area contributed by atoms with Gasteiger partial charge in [-0.05, 0) is 31.4 Å². The Hall–Kier alpha value is -1.28. The van der Waals surface area contributed by atoms with Crippen LogP contribution in [0.4, 0.5) is 0 Å². The molecule has 0 aliphatic carbocycles. The minimum Gasteiger partial charge on any atom is -0.496 e. The molecule has 0 bridgehead atoms. The summed E-state index contributed by atoms with van der Waals surface area (Å²) < 4.78 is 5.28. The van der Waals surface area contributed by atoms with E-state index in [-0.39, 0.29) is 6.61 Å². The molecule has 0 fully saturated rings. The van der Waals surface area contributed by atoms with Crippen LogP contribution in [0.15, 0.2) is 24.3 Å². The lowest BCUT2D eigenvalue weighted by molar-refractivity contribution is 0.239. The summed E-state index contributed by atoms with van der Waals surface area (Å²) >= 11 is 0. The molecule has 16 heavy (non-hydrogen) atoms. The van der Waals surface area contributed by atoms with Crippen LogP contribution >= 0.6 is 0 Å². The Morgan fingerprint density at radius 1 is 1.44 bits per heavy atom. The van der Waals surface area contributed by atoms with Gasteiger partial charge in [0.2, 0.25) is 0 Å². The van der Waals surface area contributed by atoms with Crippen molar-refractivity contribution in [1.82, 2.24) is 0 Å². The summed E-state index contributed by atoms with van der Waals surface area (Å²) in [6.45, 7) is 4.32. The fourth-order valence-electron chi connectivity index (χ4n) is 1.49. The average Bonchev–Trinajstić information content (AvgIpc) is 2.29. The van der Waals surface area contributed by atoms with Gasteiger partial charge in [0, 0.05) is 12.2 Å². The second kappa shape index (κ2) is 6.33. The molecule has 1 aromatic rings. The molecule has 0 heterocycles. The number of hydrogen-bond acceptors (Lipinski definition) is 2. The number of aliphatic hydroxyl groups excluding tert-OH is 1. The van der Waals surface area contributed by atoms with Crippen LogP contribution < -0.4 is 4.74 Å². The van der Waals surface area contributed by atoms with Crippen LogP contribution in [0.25, 0.3) is 6.08 Å². The maximum absolute atomic E-state index is 8.92. The number of ether oxygens (including phenoxy) is 1. The largest absolute Gasteiger partial charge is 0.496 e. The van der Waals surface area contributed by atoms with E-state index in [0.29, 0.717) is 5.92 Å². The number of aryl methyl sites for hydroxylation is 1. The fourth-order valence-corrected chi connectivity index (χ4v) is 1.49. The smallest absolute Gasteiger partial charge is 0.126 e. The van der Waals surface area contributed by atoms with Crippen molar-refractivity contribution in [2.75, 3.05) is 13.7 Å². The van der Waals surface area contributed by atoms with Gasteiger partial charge >= 0.3 is 0 Å². The zero-order chi connectivity index (χ0) is 12.0. The molecule has 0 amide bonds. The number of methoxy groups -OCH3 is 1. The molecule has 0 unspecified atom stereocenters. The predicted octanol–water partition coefficient (Wildman–Crippen LogP) is 3.04. The summed E-state index contributed by atoms with van der Waals surface area (Å²) in [7, 11) is 1.68. The van der Waals surface area contributed by atoms with E-state index in [1.165, 1.54) is 5.56 Å². The minimum atomic E-state index is 0.231. The number of aliphatic hydroxyl groups is 1. The van der Waals surface area contributed by atoms with Gasteiger partial charge < -0.3 is 9.84 Å². The van der Waals surface area contributed by atoms with Crippen LogP contribution in [0.3, 0.4) is 0 Å². The minimum absolute atomic E-state index is 0.231. The van der Waals surface area contributed by atoms with Crippen molar-refractivity contribution in [3.8, 4) is 5.75 Å². The van der Waals surface area contributed by atoms with Crippen molar-refractivity contribution in [2.45, 2.75) is 20.3 Å². The van der Waals surface area contributed by atoms with Gasteiger partial charge in [-0.25, -0.2) is 0 Å². The monoisotopic (exact) mass is 220 g/mol. The van der Waals surface area contributed by atoms with E-state index in [2.05, 4.69) is 25.1 Å². The quantitative estimate of drug-likeness (QED) is 0.826. The highest BCUT2D eigenvalue weighted by atomic mass is 16.5. The first-order valence-electron chi connectivity index (χ1n) is 5.59. The van der Waals surface area contributed by atoms with E-state index in [4.69, 9.17) is 9.84 Å².